The molecule has 0 aliphatic rings. The largest absolute Gasteiger partial charge is 0.325 e. The Labute approximate surface area is 128 Å². The fraction of sp³-hybridized carbons (Fsp3) is 0.417. The van der Waals surface area contributed by atoms with E-state index in [1.165, 1.54) is 19.1 Å². The molecule has 0 unspecified atom stereocenters. The van der Waals surface area contributed by atoms with Crippen molar-refractivity contribution in [1.82, 2.24) is 0 Å². The lowest BCUT2D eigenvalue weighted by Crippen LogP contribution is -2.17. The molecule has 0 saturated heterocycles. The van der Waals surface area contributed by atoms with Crippen LogP contribution in [0.1, 0.15) is 19.8 Å². The lowest BCUT2D eigenvalue weighted by molar-refractivity contribution is -0.114. The second-order valence-corrected chi connectivity index (χ2v) is 6.82. The normalized spacial score (nSPS) is 11.2. The summed E-state index contributed by atoms with van der Waals surface area (Å²) >= 11 is 11.5. The molecular weight excluding hydrogens is 323 g/mol. The predicted octanol–water partition coefficient (Wildman–Crippen LogP) is 3.06. The molecule has 20 heavy (non-hydrogen) atoms. The van der Waals surface area contributed by atoms with Crippen LogP contribution in [0, 0.1) is 0 Å². The Kier molecular flexibility index (Phi) is 6.58. The first kappa shape index (κ1) is 17.1. The van der Waals surface area contributed by atoms with Gasteiger partial charge in [-0.25, -0.2) is 8.42 Å². The summed E-state index contributed by atoms with van der Waals surface area (Å²) in [6, 6.07) is 4.53. The summed E-state index contributed by atoms with van der Waals surface area (Å²) in [5, 5.41) is 2.81. The van der Waals surface area contributed by atoms with Gasteiger partial charge in [0, 0.05) is 12.8 Å². The van der Waals surface area contributed by atoms with Crippen LogP contribution >= 0.6 is 23.2 Å². The van der Waals surface area contributed by atoms with Gasteiger partial charge in [-0.2, -0.15) is 0 Å². The summed E-state index contributed by atoms with van der Waals surface area (Å²) in [7, 11) is -3.41. The van der Waals surface area contributed by atoms with Crippen molar-refractivity contribution in [3.05, 3.63) is 23.2 Å². The number of hydrogen-bond acceptors (Lipinski definition) is 3. The maximum absolute atomic E-state index is 11.8. The van der Waals surface area contributed by atoms with Crippen molar-refractivity contribution in [2.75, 3.05) is 21.7 Å². The van der Waals surface area contributed by atoms with Crippen molar-refractivity contribution >= 4 is 50.5 Å². The van der Waals surface area contributed by atoms with Crippen LogP contribution in [0.4, 0.5) is 11.4 Å². The number of benzene rings is 1. The van der Waals surface area contributed by atoms with E-state index in [1.807, 2.05) is 0 Å². The number of carbonyl (C=O) groups excluding carboxylic acids is 1. The summed E-state index contributed by atoms with van der Waals surface area (Å²) in [5.41, 5.74) is 0.791. The molecule has 112 valence electrons. The molecule has 0 atom stereocenters. The summed E-state index contributed by atoms with van der Waals surface area (Å²) in [6.45, 7) is 1.36. The van der Waals surface area contributed by atoms with E-state index in [9.17, 15) is 13.2 Å². The number of unbranched alkanes of at least 4 members (excludes halogenated alkanes) is 1. The molecule has 0 fully saturated rings. The third-order valence-electron chi connectivity index (χ3n) is 2.35. The Morgan fingerprint density at radius 3 is 2.55 bits per heavy atom. The van der Waals surface area contributed by atoms with E-state index in [0.717, 1.165) is 0 Å². The van der Waals surface area contributed by atoms with Crippen LogP contribution in [0.15, 0.2) is 18.2 Å². The number of sulfonamides is 1. The summed E-state index contributed by atoms with van der Waals surface area (Å²) < 4.78 is 26.0. The molecule has 0 spiro atoms. The van der Waals surface area contributed by atoms with Gasteiger partial charge in [-0.15, -0.1) is 11.6 Å². The Morgan fingerprint density at radius 1 is 1.30 bits per heavy atom. The minimum Gasteiger partial charge on any atom is -0.325 e. The SMILES string of the molecule is CC(=O)Nc1ccc(NS(=O)(=O)CCCCCl)cc1Cl. The third kappa shape index (κ3) is 5.98. The monoisotopic (exact) mass is 338 g/mol. The molecule has 0 radical (unpaired) electrons. The number of halogens is 2. The van der Waals surface area contributed by atoms with Gasteiger partial charge in [-0.05, 0) is 31.0 Å². The van der Waals surface area contributed by atoms with Crippen LogP contribution in [0.3, 0.4) is 0 Å². The Morgan fingerprint density at radius 2 is 2.00 bits per heavy atom. The van der Waals surface area contributed by atoms with Crippen LogP contribution in [0.5, 0.6) is 0 Å². The van der Waals surface area contributed by atoms with Crippen molar-refractivity contribution in [3.63, 3.8) is 0 Å². The van der Waals surface area contributed by atoms with Crippen LogP contribution in [0.25, 0.3) is 0 Å². The molecule has 0 heterocycles. The molecule has 5 nitrogen and oxygen atoms in total. The minimum atomic E-state index is -3.41. The number of carbonyl (C=O) groups is 1. The molecule has 1 aromatic rings. The van der Waals surface area contributed by atoms with E-state index in [4.69, 9.17) is 23.2 Å². The maximum Gasteiger partial charge on any atom is 0.232 e. The first-order valence-corrected chi connectivity index (χ1v) is 8.54. The molecule has 0 saturated carbocycles. The molecule has 1 rings (SSSR count). The fourth-order valence-electron chi connectivity index (χ4n) is 1.49. The Bertz CT molecular complexity index is 576. The van der Waals surface area contributed by atoms with Gasteiger partial charge < -0.3 is 5.32 Å². The molecular formula is C12H16Cl2N2O3S. The van der Waals surface area contributed by atoms with Crippen molar-refractivity contribution < 1.29 is 13.2 Å². The van der Waals surface area contributed by atoms with Crippen molar-refractivity contribution in [2.24, 2.45) is 0 Å². The van der Waals surface area contributed by atoms with Crippen LogP contribution in [-0.2, 0) is 14.8 Å². The Hall–Kier alpha value is -0.980. The summed E-state index contributed by atoms with van der Waals surface area (Å²) in [6.07, 6.45) is 1.14. The standard InChI is InChI=1S/C12H16Cl2N2O3S/c1-9(17)15-12-5-4-10(8-11(12)14)16-20(18,19)7-3-2-6-13/h4-5,8,16H,2-3,6-7H2,1H3,(H,15,17). The van der Waals surface area contributed by atoms with E-state index in [-0.39, 0.29) is 16.7 Å². The zero-order valence-corrected chi connectivity index (χ0v) is 13.3. The average molecular weight is 339 g/mol. The lowest BCUT2D eigenvalue weighted by atomic mass is 10.3. The van der Waals surface area contributed by atoms with Gasteiger partial charge in [0.15, 0.2) is 0 Å². The van der Waals surface area contributed by atoms with Gasteiger partial charge in [0.1, 0.15) is 0 Å². The van der Waals surface area contributed by atoms with Crippen molar-refractivity contribution in [3.8, 4) is 0 Å². The second-order valence-electron chi connectivity index (χ2n) is 4.19. The summed E-state index contributed by atoms with van der Waals surface area (Å²) in [4.78, 5) is 10.9. The summed E-state index contributed by atoms with van der Waals surface area (Å²) in [5.74, 6) is 0.193. The fourth-order valence-corrected chi connectivity index (χ4v) is 3.08. The number of alkyl halides is 1. The smallest absolute Gasteiger partial charge is 0.232 e. The van der Waals surface area contributed by atoms with Gasteiger partial charge in [-0.3, -0.25) is 9.52 Å². The zero-order valence-electron chi connectivity index (χ0n) is 10.9. The maximum atomic E-state index is 11.8. The highest BCUT2D eigenvalue weighted by Gasteiger charge is 2.11. The van der Waals surface area contributed by atoms with Crippen LogP contribution in [-0.4, -0.2) is 26.0 Å². The molecule has 0 bridgehead atoms. The van der Waals surface area contributed by atoms with E-state index in [2.05, 4.69) is 10.0 Å². The van der Waals surface area contributed by atoms with E-state index >= 15 is 0 Å². The van der Waals surface area contributed by atoms with Crippen molar-refractivity contribution in [2.45, 2.75) is 19.8 Å². The molecule has 1 amide bonds. The Balaban J connectivity index is 2.73. The average Bonchev–Trinajstić information content (AvgIpc) is 2.32. The van der Waals surface area contributed by atoms with E-state index in [0.29, 0.717) is 30.1 Å². The van der Waals surface area contributed by atoms with Crippen LogP contribution in [0.2, 0.25) is 5.02 Å². The zero-order chi connectivity index (χ0) is 15.2. The second kappa shape index (κ2) is 7.71. The van der Waals surface area contributed by atoms with Gasteiger partial charge in [0.2, 0.25) is 15.9 Å². The molecule has 2 N–H and O–H groups in total. The number of amides is 1. The molecule has 0 aliphatic carbocycles. The number of hydrogen-bond donors (Lipinski definition) is 2. The first-order valence-electron chi connectivity index (χ1n) is 5.97. The van der Waals surface area contributed by atoms with Gasteiger partial charge in [0.25, 0.3) is 0 Å². The third-order valence-corrected chi connectivity index (χ3v) is 4.30. The molecule has 0 aromatic heterocycles. The quantitative estimate of drug-likeness (QED) is 0.592. The van der Waals surface area contributed by atoms with Gasteiger partial charge >= 0.3 is 0 Å². The number of nitrogens with one attached hydrogen (secondary N) is 2. The van der Waals surface area contributed by atoms with Gasteiger partial charge in [-0.1, -0.05) is 11.6 Å². The predicted molar refractivity (Wildman–Crippen MR) is 83.1 cm³/mol. The van der Waals surface area contributed by atoms with E-state index in [1.54, 1.807) is 6.07 Å². The molecule has 0 aliphatic heterocycles. The minimum absolute atomic E-state index is 0.00475. The number of anilines is 2. The highest BCUT2D eigenvalue weighted by Crippen LogP contribution is 2.26. The highest BCUT2D eigenvalue weighted by atomic mass is 35.5. The highest BCUT2D eigenvalue weighted by molar-refractivity contribution is 7.92. The lowest BCUT2D eigenvalue weighted by Gasteiger charge is -2.10. The molecule has 1 aromatic carbocycles. The first-order chi connectivity index (χ1) is 9.34. The van der Waals surface area contributed by atoms with Gasteiger partial charge in [0.05, 0.1) is 22.2 Å². The van der Waals surface area contributed by atoms with Crippen molar-refractivity contribution in [1.29, 1.82) is 0 Å². The molecule has 8 heteroatoms. The number of rotatable bonds is 7. The van der Waals surface area contributed by atoms with Crippen LogP contribution < -0.4 is 10.0 Å². The van der Waals surface area contributed by atoms with E-state index < -0.39 is 10.0 Å². The topological polar surface area (TPSA) is 75.3 Å².